The minimum absolute atomic E-state index is 0.282. The molecule has 1 aromatic carbocycles. The number of nitrogens with one attached hydrogen (secondary N) is 1. The summed E-state index contributed by atoms with van der Waals surface area (Å²) in [5.74, 6) is 1.51. The van der Waals surface area contributed by atoms with E-state index in [-0.39, 0.29) is 4.90 Å². The molecule has 1 aliphatic rings. The normalized spacial score (nSPS) is 15.8. The van der Waals surface area contributed by atoms with Crippen LogP contribution in [0.3, 0.4) is 0 Å². The first-order valence-corrected chi connectivity index (χ1v) is 11.2. The van der Waals surface area contributed by atoms with Crippen LogP contribution < -0.4 is 10.2 Å². The van der Waals surface area contributed by atoms with E-state index in [9.17, 15) is 8.42 Å². The highest BCUT2D eigenvalue weighted by atomic mass is 32.2. The fraction of sp³-hybridized carbons (Fsp3) is 0.421. The van der Waals surface area contributed by atoms with Crippen molar-refractivity contribution in [1.82, 2.24) is 25.1 Å². The highest BCUT2D eigenvalue weighted by Gasteiger charge is 2.19. The lowest BCUT2D eigenvalue weighted by molar-refractivity contribution is 0.377. The Morgan fingerprint density at radius 3 is 2.57 bits per heavy atom. The van der Waals surface area contributed by atoms with Crippen molar-refractivity contribution in [2.75, 3.05) is 37.8 Å². The van der Waals surface area contributed by atoms with Crippen LogP contribution in [0.2, 0.25) is 0 Å². The van der Waals surface area contributed by atoms with Gasteiger partial charge in [-0.05, 0) is 56.1 Å². The summed E-state index contributed by atoms with van der Waals surface area (Å²) in [5, 5.41) is 8.75. The summed E-state index contributed by atoms with van der Waals surface area (Å²) in [6, 6.07) is 6.65. The van der Waals surface area contributed by atoms with Crippen molar-refractivity contribution in [3.63, 3.8) is 0 Å². The first kappa shape index (κ1) is 18.8. The third-order valence-corrected chi connectivity index (χ3v) is 6.34. The number of fused-ring (bicyclic) bond motifs is 1. The Bertz CT molecular complexity index is 1070. The van der Waals surface area contributed by atoms with Gasteiger partial charge in [0.25, 0.3) is 0 Å². The van der Waals surface area contributed by atoms with Crippen molar-refractivity contribution in [3.05, 3.63) is 36.8 Å². The van der Waals surface area contributed by atoms with Crippen molar-refractivity contribution in [3.8, 4) is 5.69 Å². The molecule has 28 heavy (non-hydrogen) atoms. The maximum absolute atomic E-state index is 11.7. The molecule has 0 bridgehead atoms. The Labute approximate surface area is 164 Å². The highest BCUT2D eigenvalue weighted by Crippen LogP contribution is 2.26. The molecule has 9 heteroatoms. The van der Waals surface area contributed by atoms with E-state index in [1.54, 1.807) is 41.5 Å². The van der Waals surface area contributed by atoms with E-state index in [1.807, 2.05) is 0 Å². The molecule has 4 rings (SSSR count). The van der Waals surface area contributed by atoms with Crippen LogP contribution >= 0.6 is 0 Å². The Balaban J connectivity index is 1.64. The maximum atomic E-state index is 11.7. The van der Waals surface area contributed by atoms with Crippen LogP contribution in [0.4, 0.5) is 5.82 Å². The minimum Gasteiger partial charge on any atom is -0.359 e. The summed E-state index contributed by atoms with van der Waals surface area (Å²) in [5.41, 5.74) is 1.46. The van der Waals surface area contributed by atoms with Crippen molar-refractivity contribution < 1.29 is 8.42 Å². The van der Waals surface area contributed by atoms with Gasteiger partial charge in [-0.15, -0.1) is 0 Å². The topological polar surface area (TPSA) is 93.0 Å². The molecule has 0 radical (unpaired) electrons. The van der Waals surface area contributed by atoms with Crippen LogP contribution in [0.1, 0.15) is 12.8 Å². The number of benzene rings is 1. The van der Waals surface area contributed by atoms with Crippen LogP contribution in [0, 0.1) is 5.92 Å². The van der Waals surface area contributed by atoms with E-state index in [0.717, 1.165) is 36.5 Å². The second-order valence-corrected chi connectivity index (χ2v) is 9.35. The summed E-state index contributed by atoms with van der Waals surface area (Å²) >= 11 is 0. The molecule has 3 aromatic rings. The number of hydrogen-bond acceptors (Lipinski definition) is 7. The molecule has 0 spiro atoms. The maximum Gasteiger partial charge on any atom is 0.175 e. The number of piperidine rings is 1. The summed E-state index contributed by atoms with van der Waals surface area (Å²) in [4.78, 5) is 11.4. The van der Waals surface area contributed by atoms with Gasteiger partial charge in [-0.25, -0.2) is 23.1 Å². The van der Waals surface area contributed by atoms with Crippen molar-refractivity contribution >= 4 is 26.7 Å². The van der Waals surface area contributed by atoms with Gasteiger partial charge in [0, 0.05) is 19.8 Å². The average Bonchev–Trinajstić information content (AvgIpc) is 3.12. The van der Waals surface area contributed by atoms with Crippen LogP contribution in [0.5, 0.6) is 0 Å². The molecular weight excluding hydrogens is 376 g/mol. The molecule has 2 aromatic heterocycles. The molecule has 0 atom stereocenters. The largest absolute Gasteiger partial charge is 0.359 e. The molecule has 8 nitrogen and oxygen atoms in total. The van der Waals surface area contributed by atoms with Gasteiger partial charge in [-0.1, -0.05) is 0 Å². The predicted octanol–water partition coefficient (Wildman–Crippen LogP) is 1.65. The second-order valence-electron chi connectivity index (χ2n) is 7.33. The van der Waals surface area contributed by atoms with Gasteiger partial charge in [-0.2, -0.15) is 5.10 Å². The van der Waals surface area contributed by atoms with Crippen LogP contribution in [-0.2, 0) is 9.84 Å². The zero-order chi connectivity index (χ0) is 19.7. The van der Waals surface area contributed by atoms with Gasteiger partial charge < -0.3 is 10.2 Å². The third-order valence-electron chi connectivity index (χ3n) is 5.21. The highest BCUT2D eigenvalue weighted by molar-refractivity contribution is 7.90. The van der Waals surface area contributed by atoms with Gasteiger partial charge in [-0.3, -0.25) is 0 Å². The number of hydrogen-bond donors (Lipinski definition) is 1. The summed E-state index contributed by atoms with van der Waals surface area (Å²) in [6.07, 6.45) is 6.87. The van der Waals surface area contributed by atoms with E-state index in [0.29, 0.717) is 11.6 Å². The van der Waals surface area contributed by atoms with Crippen molar-refractivity contribution in [2.45, 2.75) is 17.7 Å². The van der Waals surface area contributed by atoms with E-state index in [4.69, 9.17) is 0 Å². The van der Waals surface area contributed by atoms with E-state index in [2.05, 4.69) is 32.3 Å². The molecule has 0 unspecified atom stereocenters. The molecule has 0 saturated carbocycles. The molecule has 1 N–H and O–H groups in total. The minimum atomic E-state index is -3.23. The lowest BCUT2D eigenvalue weighted by Gasteiger charge is -2.28. The van der Waals surface area contributed by atoms with E-state index >= 15 is 0 Å². The van der Waals surface area contributed by atoms with Crippen molar-refractivity contribution in [2.24, 2.45) is 5.92 Å². The summed E-state index contributed by atoms with van der Waals surface area (Å²) in [7, 11) is -1.17. The van der Waals surface area contributed by atoms with Crippen molar-refractivity contribution in [1.29, 1.82) is 0 Å². The Morgan fingerprint density at radius 1 is 1.18 bits per heavy atom. The molecule has 3 heterocycles. The first-order valence-electron chi connectivity index (χ1n) is 9.34. The fourth-order valence-electron chi connectivity index (χ4n) is 3.70. The Kier molecular flexibility index (Phi) is 5.03. The summed E-state index contributed by atoms with van der Waals surface area (Å²) in [6.45, 7) is 3.08. The number of sulfone groups is 1. The number of aromatic nitrogens is 4. The van der Waals surface area contributed by atoms with Crippen LogP contribution in [-0.4, -0.2) is 61.1 Å². The molecule has 148 valence electrons. The Morgan fingerprint density at radius 2 is 1.89 bits per heavy atom. The number of anilines is 1. The standard InChI is InChI=1S/C19H24N6O2S/c1-24(12-14-7-9-20-10-8-14)18-17-11-23-25(19(17)22-13-21-18)15-3-5-16(6-4-15)28(2,26)27/h3-6,11,13-14,20H,7-10,12H2,1-2H3. The third kappa shape index (κ3) is 3.72. The average molecular weight is 401 g/mol. The van der Waals surface area contributed by atoms with Gasteiger partial charge in [0.15, 0.2) is 15.5 Å². The predicted molar refractivity (Wildman–Crippen MR) is 109 cm³/mol. The van der Waals surface area contributed by atoms with Crippen LogP contribution in [0.15, 0.2) is 41.7 Å². The lowest BCUT2D eigenvalue weighted by Crippen LogP contribution is -2.34. The molecule has 1 aliphatic heterocycles. The van der Waals surface area contributed by atoms with Gasteiger partial charge in [0.1, 0.15) is 12.1 Å². The van der Waals surface area contributed by atoms with Gasteiger partial charge >= 0.3 is 0 Å². The smallest absolute Gasteiger partial charge is 0.175 e. The molecule has 0 aliphatic carbocycles. The molecule has 1 fully saturated rings. The van der Waals surface area contributed by atoms with E-state index < -0.39 is 9.84 Å². The molecular formula is C19H24N6O2S. The first-order chi connectivity index (χ1) is 13.4. The SMILES string of the molecule is CN(CC1CCNCC1)c1ncnc2c1cnn2-c1ccc(S(C)(=O)=O)cc1. The molecule has 0 amide bonds. The molecule has 1 saturated heterocycles. The lowest BCUT2D eigenvalue weighted by atomic mass is 9.98. The Hall–Kier alpha value is -2.52. The van der Waals surface area contributed by atoms with E-state index in [1.165, 1.54) is 19.1 Å². The number of nitrogens with zero attached hydrogens (tertiary/aromatic N) is 5. The summed E-state index contributed by atoms with van der Waals surface area (Å²) < 4.78 is 25.1. The quantitative estimate of drug-likeness (QED) is 0.696. The monoisotopic (exact) mass is 400 g/mol. The zero-order valence-corrected chi connectivity index (χ0v) is 16.9. The second kappa shape index (κ2) is 7.48. The van der Waals surface area contributed by atoms with Gasteiger partial charge in [0.05, 0.1) is 22.2 Å². The van der Waals surface area contributed by atoms with Crippen LogP contribution in [0.25, 0.3) is 16.7 Å². The fourth-order valence-corrected chi connectivity index (χ4v) is 4.33. The number of rotatable bonds is 5. The zero-order valence-electron chi connectivity index (χ0n) is 16.0. The van der Waals surface area contributed by atoms with Gasteiger partial charge in [0.2, 0.25) is 0 Å².